The Labute approximate surface area is 98.3 Å². The minimum atomic E-state index is -0.672. The van der Waals surface area contributed by atoms with Gasteiger partial charge in [0.2, 0.25) is 0 Å². The minimum absolute atomic E-state index is 0.344. The van der Waals surface area contributed by atoms with E-state index in [4.69, 9.17) is 10.5 Å². The predicted octanol–water partition coefficient (Wildman–Crippen LogP) is 1.67. The monoisotopic (exact) mass is 233 g/mol. The molecule has 2 aromatic heterocycles. The van der Waals surface area contributed by atoms with E-state index in [1.54, 1.807) is 18.3 Å². The van der Waals surface area contributed by atoms with Crippen molar-refractivity contribution >= 4 is 0 Å². The van der Waals surface area contributed by atoms with Gasteiger partial charge in [0.05, 0.1) is 19.3 Å². The summed E-state index contributed by atoms with van der Waals surface area (Å²) in [6, 6.07) is 4.34. The summed E-state index contributed by atoms with van der Waals surface area (Å²) in [5.41, 5.74) is 6.83. The number of hydrogen-bond acceptors (Lipinski definition) is 4. The maximum atomic E-state index is 13.6. The Balaban J connectivity index is 2.44. The lowest BCUT2D eigenvalue weighted by Crippen LogP contribution is -2.16. The molecule has 4 nitrogen and oxygen atoms in total. The van der Waals surface area contributed by atoms with Crippen LogP contribution in [0.1, 0.15) is 17.3 Å². The van der Waals surface area contributed by atoms with Gasteiger partial charge in [-0.05, 0) is 18.2 Å². The molecule has 0 bridgehead atoms. The molecule has 0 radical (unpaired) electrons. The summed E-state index contributed by atoms with van der Waals surface area (Å²) in [7, 11) is 1.52. The molecule has 1 atom stereocenters. The van der Waals surface area contributed by atoms with E-state index in [0.29, 0.717) is 17.0 Å². The zero-order valence-electron chi connectivity index (χ0n) is 9.30. The summed E-state index contributed by atoms with van der Waals surface area (Å²) >= 11 is 0. The third-order valence-corrected chi connectivity index (χ3v) is 2.45. The molecule has 1 unspecified atom stereocenters. The van der Waals surface area contributed by atoms with Crippen molar-refractivity contribution < 1.29 is 9.13 Å². The summed E-state index contributed by atoms with van der Waals surface area (Å²) in [6.45, 7) is 0. The minimum Gasteiger partial charge on any atom is -0.495 e. The highest BCUT2D eigenvalue weighted by atomic mass is 19.1. The van der Waals surface area contributed by atoms with Crippen LogP contribution in [-0.2, 0) is 0 Å². The van der Waals surface area contributed by atoms with Gasteiger partial charge >= 0.3 is 0 Å². The average Bonchev–Trinajstić information content (AvgIpc) is 2.38. The Hall–Kier alpha value is -2.01. The van der Waals surface area contributed by atoms with Crippen molar-refractivity contribution in [2.24, 2.45) is 5.73 Å². The number of nitrogens with two attached hydrogens (primary N) is 1. The molecule has 88 valence electrons. The molecular formula is C12H12FN3O. The number of halogens is 1. The molecule has 0 aliphatic rings. The van der Waals surface area contributed by atoms with E-state index in [-0.39, 0.29) is 0 Å². The van der Waals surface area contributed by atoms with E-state index in [0.717, 1.165) is 6.20 Å². The molecule has 2 heterocycles. The smallest absolute Gasteiger partial charge is 0.146 e. The highest BCUT2D eigenvalue weighted by Gasteiger charge is 2.18. The van der Waals surface area contributed by atoms with Crippen molar-refractivity contribution in [3.63, 3.8) is 0 Å². The molecular weight excluding hydrogens is 221 g/mol. The van der Waals surface area contributed by atoms with Crippen LogP contribution in [0.3, 0.4) is 0 Å². The number of nitrogens with zero attached hydrogens (tertiary/aromatic N) is 2. The zero-order chi connectivity index (χ0) is 12.3. The van der Waals surface area contributed by atoms with E-state index in [9.17, 15) is 4.39 Å². The zero-order valence-corrected chi connectivity index (χ0v) is 9.30. The molecule has 0 fully saturated rings. The molecule has 17 heavy (non-hydrogen) atoms. The van der Waals surface area contributed by atoms with Gasteiger partial charge in [-0.25, -0.2) is 4.39 Å². The lowest BCUT2D eigenvalue weighted by molar-refractivity contribution is 0.404. The van der Waals surface area contributed by atoms with Crippen molar-refractivity contribution in [2.45, 2.75) is 6.04 Å². The first-order valence-corrected chi connectivity index (χ1v) is 5.08. The quantitative estimate of drug-likeness (QED) is 0.876. The van der Waals surface area contributed by atoms with Crippen LogP contribution < -0.4 is 10.5 Å². The second kappa shape index (κ2) is 4.88. The van der Waals surface area contributed by atoms with Crippen LogP contribution in [0, 0.1) is 5.82 Å². The van der Waals surface area contributed by atoms with E-state index >= 15 is 0 Å². The number of methoxy groups -OCH3 is 1. The fraction of sp³-hybridized carbons (Fsp3) is 0.167. The van der Waals surface area contributed by atoms with Gasteiger partial charge in [0.1, 0.15) is 17.3 Å². The maximum Gasteiger partial charge on any atom is 0.146 e. The Kier molecular flexibility index (Phi) is 3.30. The van der Waals surface area contributed by atoms with Gasteiger partial charge in [0, 0.05) is 18.0 Å². The fourth-order valence-corrected chi connectivity index (χ4v) is 1.59. The molecule has 0 amide bonds. The van der Waals surface area contributed by atoms with E-state index < -0.39 is 11.9 Å². The van der Waals surface area contributed by atoms with E-state index in [2.05, 4.69) is 9.97 Å². The summed E-state index contributed by atoms with van der Waals surface area (Å²) in [5.74, 6) is 0.0870. The Bertz CT molecular complexity index is 519. The average molecular weight is 233 g/mol. The largest absolute Gasteiger partial charge is 0.495 e. The van der Waals surface area contributed by atoms with Gasteiger partial charge in [0.15, 0.2) is 0 Å². The molecule has 0 aromatic carbocycles. The van der Waals surface area contributed by atoms with Crippen molar-refractivity contribution in [1.29, 1.82) is 0 Å². The molecule has 5 heteroatoms. The van der Waals surface area contributed by atoms with Gasteiger partial charge in [-0.1, -0.05) is 0 Å². The van der Waals surface area contributed by atoms with Gasteiger partial charge in [-0.2, -0.15) is 0 Å². The maximum absolute atomic E-state index is 13.6. The first kappa shape index (κ1) is 11.5. The van der Waals surface area contributed by atoms with Gasteiger partial charge < -0.3 is 10.5 Å². The van der Waals surface area contributed by atoms with Crippen molar-refractivity contribution in [2.75, 3.05) is 7.11 Å². The molecule has 0 saturated heterocycles. The van der Waals surface area contributed by atoms with Crippen LogP contribution in [0.15, 0.2) is 36.8 Å². The second-order valence-electron chi connectivity index (χ2n) is 3.47. The van der Waals surface area contributed by atoms with Crippen LogP contribution in [-0.4, -0.2) is 17.1 Å². The van der Waals surface area contributed by atoms with Gasteiger partial charge in [-0.15, -0.1) is 0 Å². The van der Waals surface area contributed by atoms with E-state index in [1.807, 2.05) is 0 Å². The van der Waals surface area contributed by atoms with Gasteiger partial charge in [0.25, 0.3) is 0 Å². The fourth-order valence-electron chi connectivity index (χ4n) is 1.59. The second-order valence-corrected chi connectivity index (χ2v) is 3.47. The summed E-state index contributed by atoms with van der Waals surface area (Å²) < 4.78 is 18.7. The molecule has 0 aliphatic carbocycles. The molecule has 0 saturated carbocycles. The summed E-state index contributed by atoms with van der Waals surface area (Å²) in [5, 5.41) is 0. The normalized spacial score (nSPS) is 12.2. The molecule has 0 spiro atoms. The standard InChI is InChI=1S/C12H12FN3O/c1-17-10-3-2-5-16-12(10)11(14)8-4-6-15-7-9(8)13/h2-7,11H,14H2,1H3. The van der Waals surface area contributed by atoms with Crippen molar-refractivity contribution in [3.8, 4) is 5.75 Å². The van der Waals surface area contributed by atoms with Crippen molar-refractivity contribution in [3.05, 3.63) is 53.9 Å². The number of hydrogen-bond donors (Lipinski definition) is 1. The Morgan fingerprint density at radius 1 is 1.35 bits per heavy atom. The topological polar surface area (TPSA) is 61.0 Å². The Morgan fingerprint density at radius 2 is 2.18 bits per heavy atom. The Morgan fingerprint density at radius 3 is 2.88 bits per heavy atom. The lowest BCUT2D eigenvalue weighted by atomic mass is 10.0. The first-order chi connectivity index (χ1) is 8.24. The van der Waals surface area contributed by atoms with Crippen LogP contribution in [0.25, 0.3) is 0 Å². The molecule has 2 N–H and O–H groups in total. The third kappa shape index (κ3) is 2.24. The number of ether oxygens (including phenoxy) is 1. The summed E-state index contributed by atoms with van der Waals surface area (Å²) in [4.78, 5) is 7.81. The highest BCUT2D eigenvalue weighted by molar-refractivity contribution is 5.36. The number of pyridine rings is 2. The molecule has 0 aliphatic heterocycles. The van der Waals surface area contributed by atoms with Crippen LogP contribution in [0.5, 0.6) is 5.75 Å². The molecule has 2 aromatic rings. The predicted molar refractivity (Wildman–Crippen MR) is 61.0 cm³/mol. The molecule has 2 rings (SSSR count). The lowest BCUT2D eigenvalue weighted by Gasteiger charge is -2.14. The van der Waals surface area contributed by atoms with E-state index in [1.165, 1.54) is 19.4 Å². The van der Waals surface area contributed by atoms with Gasteiger partial charge in [-0.3, -0.25) is 9.97 Å². The highest BCUT2D eigenvalue weighted by Crippen LogP contribution is 2.26. The summed E-state index contributed by atoms with van der Waals surface area (Å²) in [6.07, 6.45) is 4.22. The number of aromatic nitrogens is 2. The van der Waals surface area contributed by atoms with Crippen LogP contribution >= 0.6 is 0 Å². The van der Waals surface area contributed by atoms with Crippen LogP contribution in [0.2, 0.25) is 0 Å². The van der Waals surface area contributed by atoms with Crippen molar-refractivity contribution in [1.82, 2.24) is 9.97 Å². The van der Waals surface area contributed by atoms with Crippen LogP contribution in [0.4, 0.5) is 4.39 Å². The third-order valence-electron chi connectivity index (χ3n) is 2.45. The first-order valence-electron chi connectivity index (χ1n) is 5.08. The SMILES string of the molecule is COc1cccnc1C(N)c1ccncc1F. The number of rotatable bonds is 3.